The molecule has 1 aliphatic heterocycles. The van der Waals surface area contributed by atoms with Gasteiger partial charge in [-0.25, -0.2) is 8.42 Å². The van der Waals surface area contributed by atoms with Crippen LogP contribution in [0.2, 0.25) is 0 Å². The first-order valence-electron chi connectivity index (χ1n) is 6.19. The van der Waals surface area contributed by atoms with E-state index in [1.165, 1.54) is 26.3 Å². The predicted octanol–water partition coefficient (Wildman–Crippen LogP) is 1.25. The molecule has 0 radical (unpaired) electrons. The molecular formula is C12H17N2O5PS. The van der Waals surface area contributed by atoms with Gasteiger partial charge in [-0.1, -0.05) is 17.7 Å². The fraction of sp³-hybridized carbons (Fsp3) is 0.417. The predicted molar refractivity (Wildman–Crippen MR) is 77.3 cm³/mol. The SMILES string of the molecule is CO[P@@]1(=O)CN(S(=O)(=O)c2ccc(C)cc2)CC(=O)N1C. The maximum atomic E-state index is 12.5. The Bertz CT molecular complexity index is 701. The number of hydrogen-bond donors (Lipinski definition) is 0. The van der Waals surface area contributed by atoms with Crippen LogP contribution in [0, 0.1) is 6.92 Å². The molecule has 0 spiro atoms. The normalized spacial score (nSPS) is 24.3. The van der Waals surface area contributed by atoms with Gasteiger partial charge in [0.15, 0.2) is 0 Å². The summed E-state index contributed by atoms with van der Waals surface area (Å²) in [5.74, 6) is -0.554. The van der Waals surface area contributed by atoms with Gasteiger partial charge in [-0.05, 0) is 19.1 Å². The minimum Gasteiger partial charge on any atom is -0.316 e. The van der Waals surface area contributed by atoms with Gasteiger partial charge in [-0.15, -0.1) is 0 Å². The van der Waals surface area contributed by atoms with Crippen LogP contribution >= 0.6 is 7.52 Å². The van der Waals surface area contributed by atoms with Crippen molar-refractivity contribution < 1.29 is 22.3 Å². The summed E-state index contributed by atoms with van der Waals surface area (Å²) in [6.45, 7) is 1.50. The number of carbonyl (C=O) groups excluding carboxylic acids is 1. The highest BCUT2D eigenvalue weighted by Crippen LogP contribution is 2.52. The number of nitrogens with zero attached hydrogens (tertiary/aromatic N) is 2. The van der Waals surface area contributed by atoms with Gasteiger partial charge < -0.3 is 4.52 Å². The molecule has 0 saturated carbocycles. The number of amides is 1. The fourth-order valence-electron chi connectivity index (χ4n) is 1.97. The Balaban J connectivity index is 2.39. The van der Waals surface area contributed by atoms with Crippen LogP contribution in [0.25, 0.3) is 0 Å². The second kappa shape index (κ2) is 5.53. The van der Waals surface area contributed by atoms with Gasteiger partial charge in [-0.2, -0.15) is 4.31 Å². The minimum absolute atomic E-state index is 0.0631. The Morgan fingerprint density at radius 3 is 2.33 bits per heavy atom. The second-order valence-electron chi connectivity index (χ2n) is 4.81. The average molecular weight is 332 g/mol. The molecule has 2 rings (SSSR count). The van der Waals surface area contributed by atoms with Gasteiger partial charge in [0.1, 0.15) is 6.29 Å². The zero-order valence-electron chi connectivity index (χ0n) is 12.0. The molecule has 21 heavy (non-hydrogen) atoms. The molecule has 1 aliphatic rings. The van der Waals surface area contributed by atoms with E-state index in [1.54, 1.807) is 12.1 Å². The molecule has 1 heterocycles. The lowest BCUT2D eigenvalue weighted by atomic mass is 10.2. The van der Waals surface area contributed by atoms with Crippen LogP contribution in [0.15, 0.2) is 29.2 Å². The van der Waals surface area contributed by atoms with E-state index in [-0.39, 0.29) is 17.7 Å². The van der Waals surface area contributed by atoms with Crippen molar-refractivity contribution in [1.82, 2.24) is 8.98 Å². The Morgan fingerprint density at radius 2 is 1.81 bits per heavy atom. The number of rotatable bonds is 3. The van der Waals surface area contributed by atoms with Crippen LogP contribution in [-0.4, -0.2) is 50.3 Å². The van der Waals surface area contributed by atoms with Crippen LogP contribution < -0.4 is 0 Å². The molecule has 0 aromatic heterocycles. The van der Waals surface area contributed by atoms with Crippen LogP contribution in [0.3, 0.4) is 0 Å². The van der Waals surface area contributed by atoms with Gasteiger partial charge >= 0.3 is 7.52 Å². The molecule has 1 saturated heterocycles. The fourth-order valence-corrected chi connectivity index (χ4v) is 5.52. The summed E-state index contributed by atoms with van der Waals surface area (Å²) in [5, 5.41) is 0. The number of carbonyl (C=O) groups is 1. The third kappa shape index (κ3) is 2.89. The Hall–Kier alpha value is -1.21. The van der Waals surface area contributed by atoms with Crippen molar-refractivity contribution in [3.63, 3.8) is 0 Å². The summed E-state index contributed by atoms with van der Waals surface area (Å²) in [5.41, 5.74) is 0.922. The molecule has 1 aromatic rings. The lowest BCUT2D eigenvalue weighted by Gasteiger charge is -2.36. The molecule has 1 aromatic carbocycles. The first kappa shape index (κ1) is 16.2. The van der Waals surface area contributed by atoms with Gasteiger partial charge in [0.05, 0.1) is 11.4 Å². The van der Waals surface area contributed by atoms with Crippen molar-refractivity contribution in [1.29, 1.82) is 0 Å². The van der Waals surface area contributed by atoms with E-state index < -0.39 is 23.5 Å². The number of likely N-dealkylation sites (N-methyl/N-ethyl adjacent to an activating group) is 1. The Morgan fingerprint density at radius 1 is 1.24 bits per heavy atom. The molecule has 9 heteroatoms. The van der Waals surface area contributed by atoms with Crippen LogP contribution in [0.4, 0.5) is 0 Å². The highest BCUT2D eigenvalue weighted by molar-refractivity contribution is 7.89. The summed E-state index contributed by atoms with van der Waals surface area (Å²) in [4.78, 5) is 11.9. The zero-order chi connectivity index (χ0) is 15.8. The zero-order valence-corrected chi connectivity index (χ0v) is 13.7. The number of benzene rings is 1. The smallest absolute Gasteiger partial charge is 0.312 e. The van der Waals surface area contributed by atoms with Crippen molar-refractivity contribution in [2.45, 2.75) is 11.8 Å². The Kier molecular flexibility index (Phi) is 4.26. The van der Waals surface area contributed by atoms with E-state index >= 15 is 0 Å². The summed E-state index contributed by atoms with van der Waals surface area (Å²) < 4.78 is 44.3. The second-order valence-corrected chi connectivity index (χ2v) is 9.27. The molecular weight excluding hydrogens is 315 g/mol. The van der Waals surface area contributed by atoms with E-state index in [2.05, 4.69) is 0 Å². The van der Waals surface area contributed by atoms with Crippen molar-refractivity contribution in [3.05, 3.63) is 29.8 Å². The van der Waals surface area contributed by atoms with E-state index in [4.69, 9.17) is 4.52 Å². The maximum absolute atomic E-state index is 12.5. The van der Waals surface area contributed by atoms with E-state index in [0.29, 0.717) is 0 Å². The maximum Gasteiger partial charge on any atom is 0.312 e. The molecule has 1 atom stereocenters. The van der Waals surface area contributed by atoms with Crippen LogP contribution in [-0.2, 0) is 23.9 Å². The minimum atomic E-state index is -3.88. The quantitative estimate of drug-likeness (QED) is 0.778. The highest BCUT2D eigenvalue weighted by atomic mass is 32.2. The average Bonchev–Trinajstić information content (AvgIpc) is 2.44. The largest absolute Gasteiger partial charge is 0.316 e. The molecule has 7 nitrogen and oxygen atoms in total. The molecule has 0 unspecified atom stereocenters. The standard InChI is InChI=1S/C12H17N2O5PS/c1-10-4-6-11(7-5-10)21(17,18)14-8-12(15)13(2)20(16,9-14)19-3/h4-7H,8-9H2,1-3H3/t20-/m0/s1. The number of hydrogen-bond acceptors (Lipinski definition) is 5. The third-order valence-electron chi connectivity index (χ3n) is 3.41. The number of aryl methyl sites for hydroxylation is 1. The molecule has 0 bridgehead atoms. The van der Waals surface area contributed by atoms with Crippen molar-refractivity contribution in [2.75, 3.05) is 27.0 Å². The van der Waals surface area contributed by atoms with E-state index in [1.807, 2.05) is 6.92 Å². The van der Waals surface area contributed by atoms with Gasteiger partial charge in [0.2, 0.25) is 15.9 Å². The molecule has 0 N–H and O–H groups in total. The van der Waals surface area contributed by atoms with E-state index in [0.717, 1.165) is 14.5 Å². The summed E-state index contributed by atoms with van der Waals surface area (Å²) in [7, 11) is -4.83. The van der Waals surface area contributed by atoms with Gasteiger partial charge in [-0.3, -0.25) is 14.0 Å². The summed E-state index contributed by atoms with van der Waals surface area (Å²) in [6.07, 6.45) is -0.345. The van der Waals surface area contributed by atoms with Gasteiger partial charge in [0, 0.05) is 14.2 Å². The number of sulfonamides is 1. The monoisotopic (exact) mass is 332 g/mol. The lowest BCUT2D eigenvalue weighted by molar-refractivity contribution is -0.127. The highest BCUT2D eigenvalue weighted by Gasteiger charge is 2.44. The van der Waals surface area contributed by atoms with Crippen molar-refractivity contribution >= 4 is 23.5 Å². The topological polar surface area (TPSA) is 84.0 Å². The summed E-state index contributed by atoms with van der Waals surface area (Å²) >= 11 is 0. The first-order chi connectivity index (χ1) is 9.70. The third-order valence-corrected chi connectivity index (χ3v) is 7.81. The van der Waals surface area contributed by atoms with Crippen LogP contribution in [0.1, 0.15) is 5.56 Å². The van der Waals surface area contributed by atoms with Crippen molar-refractivity contribution in [3.8, 4) is 0 Å². The molecule has 1 amide bonds. The molecule has 0 aliphatic carbocycles. The van der Waals surface area contributed by atoms with Gasteiger partial charge in [0.25, 0.3) is 0 Å². The van der Waals surface area contributed by atoms with E-state index in [9.17, 15) is 17.8 Å². The lowest BCUT2D eigenvalue weighted by Crippen LogP contribution is -2.47. The van der Waals surface area contributed by atoms with Crippen LogP contribution in [0.5, 0.6) is 0 Å². The first-order valence-corrected chi connectivity index (χ1v) is 9.39. The Labute approximate surface area is 124 Å². The molecule has 116 valence electrons. The van der Waals surface area contributed by atoms with Crippen molar-refractivity contribution in [2.24, 2.45) is 0 Å². The molecule has 1 fully saturated rings. The summed E-state index contributed by atoms with van der Waals surface area (Å²) in [6, 6.07) is 6.26.